The third kappa shape index (κ3) is 5.23. The Hall–Kier alpha value is -6.67. The van der Waals surface area contributed by atoms with Gasteiger partial charge < -0.3 is 0 Å². The maximum Gasteiger partial charge on any atom is 0.0279 e. The molecule has 0 radical (unpaired) electrons. The van der Waals surface area contributed by atoms with E-state index in [9.17, 15) is 0 Å². The molecule has 0 saturated heterocycles. The highest BCUT2D eigenvalue weighted by molar-refractivity contribution is 7.99. The highest BCUT2D eigenvalue weighted by Gasteiger charge is 2.27. The summed E-state index contributed by atoms with van der Waals surface area (Å²) in [6.45, 7) is 0. The molecule has 1 atom stereocenters. The summed E-state index contributed by atoms with van der Waals surface area (Å²) in [4.78, 5) is 2.49. The zero-order chi connectivity index (χ0) is 37.5. The SMILES string of the molecule is C1=CC(c2ccc(Sc3ccc(-c4ccc5ccc6c(-c7ccccc7)ccc7ccc4c5c76)cc3)cc2)c2ccc3ccc(-c4ccccc4)c4c3c2C1=CC4. The van der Waals surface area contributed by atoms with Crippen LogP contribution in [0.1, 0.15) is 28.2 Å². The fourth-order valence-corrected chi connectivity index (χ4v) is 10.6. The highest BCUT2D eigenvalue weighted by atomic mass is 32.2. The normalized spacial score (nSPS) is 14.5. The summed E-state index contributed by atoms with van der Waals surface area (Å²) in [6, 6.07) is 67.7. The lowest BCUT2D eigenvalue weighted by molar-refractivity contribution is 1.00. The lowest BCUT2D eigenvalue weighted by atomic mass is 9.75. The molecule has 0 bridgehead atoms. The van der Waals surface area contributed by atoms with Crippen LogP contribution < -0.4 is 0 Å². The first-order chi connectivity index (χ1) is 28.2. The molecule has 0 heterocycles. The topological polar surface area (TPSA) is 0 Å². The third-order valence-electron chi connectivity index (χ3n) is 12.4. The van der Waals surface area contributed by atoms with Gasteiger partial charge in [-0.3, -0.25) is 0 Å². The minimum Gasteiger partial charge on any atom is -0.0901 e. The Morgan fingerprint density at radius 2 is 0.930 bits per heavy atom. The van der Waals surface area contributed by atoms with E-state index < -0.39 is 0 Å². The van der Waals surface area contributed by atoms with Crippen LogP contribution in [0.3, 0.4) is 0 Å². The number of hydrogen-bond donors (Lipinski definition) is 0. The van der Waals surface area contributed by atoms with Crippen molar-refractivity contribution in [2.75, 3.05) is 0 Å². The number of allylic oxidation sites excluding steroid dienone is 4. The predicted octanol–water partition coefficient (Wildman–Crippen LogP) is 15.5. The van der Waals surface area contributed by atoms with E-state index in [0.717, 1.165) is 6.42 Å². The van der Waals surface area contributed by atoms with Crippen molar-refractivity contribution in [2.24, 2.45) is 0 Å². The number of rotatable bonds is 6. The first kappa shape index (κ1) is 32.6. The van der Waals surface area contributed by atoms with Gasteiger partial charge in [-0.15, -0.1) is 0 Å². The standard InChI is InChI=1S/C56H36S/c1-3-7-35(8-4-1)45-27-15-39-21-33-51-47(29-17-41-19-31-49(45)53(39)55(41)51)37-11-23-43(24-12-37)57-44-25-13-38(14-26-44)48-30-18-42-20-32-50-46(36-9-5-2-6-10-36)28-16-40-22-34-52(48)56(42)54(40)50/h1-31,33-34,48H,32H2. The van der Waals surface area contributed by atoms with Gasteiger partial charge in [0.25, 0.3) is 0 Å². The lowest BCUT2D eigenvalue weighted by Crippen LogP contribution is -2.10. The van der Waals surface area contributed by atoms with Crippen LogP contribution in [0.15, 0.2) is 210 Å². The van der Waals surface area contributed by atoms with E-state index in [1.54, 1.807) is 0 Å². The van der Waals surface area contributed by atoms with E-state index >= 15 is 0 Å². The number of benzene rings is 10. The first-order valence-corrected chi connectivity index (χ1v) is 20.7. The van der Waals surface area contributed by atoms with Gasteiger partial charge in [0.2, 0.25) is 0 Å². The molecule has 0 saturated carbocycles. The van der Waals surface area contributed by atoms with Gasteiger partial charge in [-0.1, -0.05) is 188 Å². The minimum absolute atomic E-state index is 0.224. The molecular weight excluding hydrogens is 705 g/mol. The molecule has 10 aromatic carbocycles. The third-order valence-corrected chi connectivity index (χ3v) is 13.4. The minimum atomic E-state index is 0.224. The van der Waals surface area contributed by atoms with Crippen molar-refractivity contribution < 1.29 is 0 Å². The van der Waals surface area contributed by atoms with Gasteiger partial charge in [-0.25, -0.2) is 0 Å². The molecule has 2 aliphatic carbocycles. The maximum atomic E-state index is 2.43. The van der Waals surface area contributed by atoms with Crippen molar-refractivity contribution >= 4 is 60.4 Å². The molecule has 2 aliphatic rings. The number of hydrogen-bond acceptors (Lipinski definition) is 1. The van der Waals surface area contributed by atoms with Crippen LogP contribution in [0.5, 0.6) is 0 Å². The fourth-order valence-electron chi connectivity index (χ4n) is 9.74. The molecule has 12 rings (SSSR count). The van der Waals surface area contributed by atoms with Crippen molar-refractivity contribution in [1.29, 1.82) is 0 Å². The van der Waals surface area contributed by atoms with E-state index in [2.05, 4.69) is 200 Å². The Balaban J connectivity index is 0.839. The Labute approximate surface area is 336 Å². The van der Waals surface area contributed by atoms with Crippen LogP contribution in [0.4, 0.5) is 0 Å². The van der Waals surface area contributed by atoms with Gasteiger partial charge in [0.1, 0.15) is 0 Å². The second-order valence-electron chi connectivity index (χ2n) is 15.5. The molecule has 0 nitrogen and oxygen atoms in total. The van der Waals surface area contributed by atoms with E-state index in [1.807, 2.05) is 11.8 Å². The van der Waals surface area contributed by atoms with Crippen LogP contribution in [0, 0.1) is 0 Å². The van der Waals surface area contributed by atoms with Crippen molar-refractivity contribution in [1.82, 2.24) is 0 Å². The highest BCUT2D eigenvalue weighted by Crippen LogP contribution is 2.47. The van der Waals surface area contributed by atoms with Crippen molar-refractivity contribution in [2.45, 2.75) is 22.1 Å². The van der Waals surface area contributed by atoms with Gasteiger partial charge >= 0.3 is 0 Å². The molecule has 0 N–H and O–H groups in total. The molecule has 57 heavy (non-hydrogen) atoms. The molecule has 0 fully saturated rings. The summed E-state index contributed by atoms with van der Waals surface area (Å²) in [6.07, 6.45) is 8.14. The average molecular weight is 741 g/mol. The van der Waals surface area contributed by atoms with Crippen LogP contribution in [-0.4, -0.2) is 0 Å². The second kappa shape index (κ2) is 12.9. The summed E-state index contributed by atoms with van der Waals surface area (Å²) < 4.78 is 0. The summed E-state index contributed by atoms with van der Waals surface area (Å²) in [5.74, 6) is 0.224. The van der Waals surface area contributed by atoms with E-state index in [1.165, 1.54) is 114 Å². The van der Waals surface area contributed by atoms with E-state index in [4.69, 9.17) is 0 Å². The van der Waals surface area contributed by atoms with Gasteiger partial charge in [0, 0.05) is 15.7 Å². The van der Waals surface area contributed by atoms with Gasteiger partial charge in [0.05, 0.1) is 0 Å². The lowest BCUT2D eigenvalue weighted by Gasteiger charge is -2.29. The van der Waals surface area contributed by atoms with Crippen molar-refractivity contribution in [3.05, 3.63) is 222 Å². The Bertz CT molecular complexity index is 3240. The quantitative estimate of drug-likeness (QED) is 0.153. The second-order valence-corrected chi connectivity index (χ2v) is 16.6. The monoisotopic (exact) mass is 740 g/mol. The molecule has 0 spiro atoms. The van der Waals surface area contributed by atoms with Gasteiger partial charge in [-0.05, 0) is 135 Å². The smallest absolute Gasteiger partial charge is 0.0279 e. The Kier molecular flexibility index (Phi) is 7.40. The fraction of sp³-hybridized carbons (Fsp3) is 0.0357. The van der Waals surface area contributed by atoms with Crippen LogP contribution in [0.2, 0.25) is 0 Å². The van der Waals surface area contributed by atoms with Crippen LogP contribution >= 0.6 is 11.8 Å². The zero-order valence-corrected chi connectivity index (χ0v) is 32.1. The molecule has 0 aliphatic heterocycles. The summed E-state index contributed by atoms with van der Waals surface area (Å²) in [7, 11) is 0. The van der Waals surface area contributed by atoms with Gasteiger partial charge in [-0.2, -0.15) is 0 Å². The molecule has 1 heteroatoms. The maximum absolute atomic E-state index is 2.43. The molecule has 0 amide bonds. The molecular formula is C56H36S. The van der Waals surface area contributed by atoms with Crippen molar-refractivity contribution in [3.63, 3.8) is 0 Å². The molecule has 266 valence electrons. The van der Waals surface area contributed by atoms with Gasteiger partial charge in [0.15, 0.2) is 0 Å². The largest absolute Gasteiger partial charge is 0.0901 e. The van der Waals surface area contributed by atoms with E-state index in [-0.39, 0.29) is 5.92 Å². The van der Waals surface area contributed by atoms with Crippen molar-refractivity contribution in [3.8, 4) is 33.4 Å². The molecule has 10 aromatic rings. The summed E-state index contributed by atoms with van der Waals surface area (Å²) in [5, 5.41) is 10.7. The van der Waals surface area contributed by atoms with Crippen LogP contribution in [0.25, 0.3) is 82.0 Å². The van der Waals surface area contributed by atoms with E-state index in [0.29, 0.717) is 0 Å². The summed E-state index contributed by atoms with van der Waals surface area (Å²) >= 11 is 1.83. The zero-order valence-electron chi connectivity index (χ0n) is 31.2. The predicted molar refractivity (Wildman–Crippen MR) is 244 cm³/mol. The average Bonchev–Trinajstić information content (AvgIpc) is 3.28. The Morgan fingerprint density at radius 1 is 0.421 bits per heavy atom. The summed E-state index contributed by atoms with van der Waals surface area (Å²) in [5.41, 5.74) is 14.7. The van der Waals surface area contributed by atoms with Crippen LogP contribution in [-0.2, 0) is 6.42 Å². The Morgan fingerprint density at radius 3 is 1.56 bits per heavy atom. The molecule has 1 unspecified atom stereocenters. The molecule has 0 aromatic heterocycles. The first-order valence-electron chi connectivity index (χ1n) is 19.9.